The van der Waals surface area contributed by atoms with Gasteiger partial charge in [0.2, 0.25) is 0 Å². The molecule has 3 aromatic rings. The molecule has 0 spiro atoms. The Hall–Kier alpha value is -4.79. The summed E-state index contributed by atoms with van der Waals surface area (Å²) in [5.74, 6) is -0.559. The molecule has 238 valence electrons. The van der Waals surface area contributed by atoms with Gasteiger partial charge < -0.3 is 24.2 Å². The van der Waals surface area contributed by atoms with Gasteiger partial charge in [0, 0.05) is 43.5 Å². The maximum absolute atomic E-state index is 13.4. The number of hydrogen-bond acceptors (Lipinski definition) is 11. The molecular weight excluding hydrogens is 576 g/mol. The number of rotatable bonds is 10. The number of amides is 2. The molecule has 0 fully saturated rings. The average molecular weight is 615 g/mol. The number of nitrogens with zero attached hydrogens (tertiary/aromatic N) is 6. The van der Waals surface area contributed by atoms with Gasteiger partial charge in [-0.25, -0.2) is 23.9 Å². The fourth-order valence-electron chi connectivity index (χ4n) is 4.10. The molecule has 3 rings (SSSR count). The number of non-ortho nitro benzene ring substituents is 1. The molecule has 44 heavy (non-hydrogen) atoms. The number of carbonyl (C=O) groups is 3. The zero-order valence-corrected chi connectivity index (χ0v) is 25.9. The number of aromatic nitrogens is 3. The lowest BCUT2D eigenvalue weighted by molar-refractivity contribution is -0.384. The SMILES string of the molecule is COC(=O)c1cc(-c2cnn3ccc(N(CCCN(CCO)C(=O)OC(C)(C)C)C(=O)OC(C)(C)C)nc23)cc([N+](=O)[O-])c1. The lowest BCUT2D eigenvalue weighted by Crippen LogP contribution is -2.42. The topological polar surface area (TPSA) is 179 Å². The van der Waals surface area contributed by atoms with Crippen molar-refractivity contribution >= 4 is 35.3 Å². The van der Waals surface area contributed by atoms with Crippen LogP contribution in [0.2, 0.25) is 0 Å². The number of nitro benzene ring substituents is 1. The van der Waals surface area contributed by atoms with Gasteiger partial charge in [-0.1, -0.05) is 0 Å². The number of esters is 1. The highest BCUT2D eigenvalue weighted by Crippen LogP contribution is 2.30. The number of aliphatic hydroxyl groups excluding tert-OH is 1. The summed E-state index contributed by atoms with van der Waals surface area (Å²) in [5.41, 5.74) is -1.00. The molecule has 15 nitrogen and oxygen atoms in total. The summed E-state index contributed by atoms with van der Waals surface area (Å²) >= 11 is 0. The smallest absolute Gasteiger partial charge is 0.416 e. The molecule has 0 aliphatic heterocycles. The lowest BCUT2D eigenvalue weighted by atomic mass is 10.0. The van der Waals surface area contributed by atoms with Crippen molar-refractivity contribution in [1.29, 1.82) is 0 Å². The third kappa shape index (κ3) is 8.86. The first-order chi connectivity index (χ1) is 20.5. The van der Waals surface area contributed by atoms with Gasteiger partial charge in [-0.15, -0.1) is 0 Å². The third-order valence-electron chi connectivity index (χ3n) is 5.94. The molecule has 2 amide bonds. The minimum Gasteiger partial charge on any atom is -0.465 e. The van der Waals surface area contributed by atoms with E-state index in [0.717, 1.165) is 6.07 Å². The Morgan fingerprint density at radius 2 is 1.66 bits per heavy atom. The summed E-state index contributed by atoms with van der Waals surface area (Å²) in [4.78, 5) is 56.5. The number of nitro groups is 1. The van der Waals surface area contributed by atoms with Gasteiger partial charge in [0.05, 0.1) is 30.4 Å². The molecule has 2 heterocycles. The van der Waals surface area contributed by atoms with Gasteiger partial charge >= 0.3 is 18.2 Å². The number of ether oxygens (including phenoxy) is 3. The summed E-state index contributed by atoms with van der Waals surface area (Å²) < 4.78 is 17.2. The predicted molar refractivity (Wildman–Crippen MR) is 160 cm³/mol. The van der Waals surface area contributed by atoms with E-state index in [9.17, 15) is 29.6 Å². The average Bonchev–Trinajstić information content (AvgIpc) is 3.35. The first-order valence-corrected chi connectivity index (χ1v) is 13.8. The van der Waals surface area contributed by atoms with Crippen LogP contribution in [0.1, 0.15) is 58.3 Å². The molecule has 0 saturated heterocycles. The maximum Gasteiger partial charge on any atom is 0.416 e. The highest BCUT2D eigenvalue weighted by Gasteiger charge is 2.27. The van der Waals surface area contributed by atoms with Crippen LogP contribution in [0.5, 0.6) is 0 Å². The van der Waals surface area contributed by atoms with Crippen LogP contribution in [0.4, 0.5) is 21.1 Å². The maximum atomic E-state index is 13.4. The molecule has 1 aromatic carbocycles. The minimum absolute atomic E-state index is 0.0278. The van der Waals surface area contributed by atoms with E-state index in [4.69, 9.17) is 14.2 Å². The van der Waals surface area contributed by atoms with Crippen LogP contribution in [-0.4, -0.2) is 92.2 Å². The third-order valence-corrected chi connectivity index (χ3v) is 5.94. The van der Waals surface area contributed by atoms with Crippen LogP contribution in [0.15, 0.2) is 36.7 Å². The van der Waals surface area contributed by atoms with Crippen LogP contribution < -0.4 is 4.90 Å². The number of aliphatic hydroxyl groups is 1. The number of carbonyl (C=O) groups excluding carboxylic acids is 3. The van der Waals surface area contributed by atoms with Crippen molar-refractivity contribution in [3.63, 3.8) is 0 Å². The van der Waals surface area contributed by atoms with Crippen LogP contribution >= 0.6 is 0 Å². The quantitative estimate of drug-likeness (QED) is 0.148. The molecule has 2 aromatic heterocycles. The molecule has 0 atom stereocenters. The monoisotopic (exact) mass is 614 g/mol. The summed E-state index contributed by atoms with van der Waals surface area (Å²) in [6.07, 6.45) is 2.00. The van der Waals surface area contributed by atoms with Crippen molar-refractivity contribution in [3.05, 3.63) is 52.3 Å². The number of anilines is 1. The first-order valence-electron chi connectivity index (χ1n) is 13.8. The number of benzene rings is 1. The number of fused-ring (bicyclic) bond motifs is 1. The Morgan fingerprint density at radius 1 is 1.00 bits per heavy atom. The van der Waals surface area contributed by atoms with Crippen molar-refractivity contribution < 1.29 is 38.6 Å². The van der Waals surface area contributed by atoms with Crippen LogP contribution in [0, 0.1) is 10.1 Å². The van der Waals surface area contributed by atoms with Gasteiger partial charge in [0.15, 0.2) is 5.65 Å². The van der Waals surface area contributed by atoms with Gasteiger partial charge in [-0.05, 0) is 65.7 Å². The molecule has 0 aliphatic rings. The molecular formula is C29H38N6O9. The highest BCUT2D eigenvalue weighted by atomic mass is 16.6. The second-order valence-electron chi connectivity index (χ2n) is 11.8. The van der Waals surface area contributed by atoms with Crippen molar-refractivity contribution in [1.82, 2.24) is 19.5 Å². The summed E-state index contributed by atoms with van der Waals surface area (Å²) in [5, 5.41) is 25.3. The van der Waals surface area contributed by atoms with E-state index in [0.29, 0.717) is 11.1 Å². The fourth-order valence-corrected chi connectivity index (χ4v) is 4.10. The van der Waals surface area contributed by atoms with Crippen molar-refractivity contribution in [3.8, 4) is 11.1 Å². The fraction of sp³-hybridized carbons (Fsp3) is 0.483. The van der Waals surface area contributed by atoms with E-state index in [-0.39, 0.29) is 55.4 Å². The standard InChI is InChI=1S/C29H38N6O9/c1-28(2,3)43-26(38)32(13-14-36)10-8-11-33(27(39)44-29(4,5)6)23-9-12-34-24(31-23)22(18-30-34)19-15-20(25(37)42-7)17-21(16-19)35(40)41/h9,12,15-18,36H,8,10-11,13-14H2,1-7H3. The zero-order chi connectivity index (χ0) is 32.8. The Bertz CT molecular complexity index is 1520. The van der Waals surface area contributed by atoms with E-state index in [1.165, 1.54) is 39.8 Å². The highest BCUT2D eigenvalue weighted by molar-refractivity contribution is 5.93. The predicted octanol–water partition coefficient (Wildman–Crippen LogP) is 4.45. The largest absolute Gasteiger partial charge is 0.465 e. The number of methoxy groups -OCH3 is 1. The molecule has 0 radical (unpaired) electrons. The summed E-state index contributed by atoms with van der Waals surface area (Å²) in [6.45, 7) is 10.4. The van der Waals surface area contributed by atoms with E-state index < -0.39 is 34.3 Å². The first kappa shape index (κ1) is 33.7. The van der Waals surface area contributed by atoms with Gasteiger partial charge in [-0.2, -0.15) is 5.10 Å². The molecule has 0 aliphatic carbocycles. The molecule has 1 N–H and O–H groups in total. The van der Waals surface area contributed by atoms with E-state index in [2.05, 4.69) is 10.1 Å². The Labute approximate surface area is 254 Å². The van der Waals surface area contributed by atoms with Gasteiger partial charge in [-0.3, -0.25) is 15.0 Å². The summed E-state index contributed by atoms with van der Waals surface area (Å²) in [7, 11) is 1.17. The van der Waals surface area contributed by atoms with Crippen molar-refractivity contribution in [2.45, 2.75) is 59.2 Å². The van der Waals surface area contributed by atoms with Gasteiger partial charge in [0.25, 0.3) is 5.69 Å². The Kier molecular flexibility index (Phi) is 10.5. The Balaban J connectivity index is 2.00. The van der Waals surface area contributed by atoms with Crippen molar-refractivity contribution in [2.75, 3.05) is 38.3 Å². The van der Waals surface area contributed by atoms with Crippen LogP contribution in [0.3, 0.4) is 0 Å². The van der Waals surface area contributed by atoms with Crippen LogP contribution in [-0.2, 0) is 14.2 Å². The van der Waals surface area contributed by atoms with E-state index >= 15 is 0 Å². The van der Waals surface area contributed by atoms with Gasteiger partial charge in [0.1, 0.15) is 17.0 Å². The molecule has 0 saturated carbocycles. The van der Waals surface area contributed by atoms with E-state index in [1.54, 1.807) is 53.8 Å². The second kappa shape index (κ2) is 13.7. The second-order valence-corrected chi connectivity index (χ2v) is 11.8. The van der Waals surface area contributed by atoms with E-state index in [1.807, 2.05) is 0 Å². The minimum atomic E-state index is -0.825. The zero-order valence-electron chi connectivity index (χ0n) is 25.9. The lowest BCUT2D eigenvalue weighted by Gasteiger charge is -2.29. The molecule has 15 heteroatoms. The summed E-state index contributed by atoms with van der Waals surface area (Å²) in [6, 6.07) is 5.39. The Morgan fingerprint density at radius 3 is 2.25 bits per heavy atom. The van der Waals surface area contributed by atoms with Crippen LogP contribution in [0.25, 0.3) is 16.8 Å². The number of hydrogen-bond donors (Lipinski definition) is 1. The molecule has 0 bridgehead atoms. The van der Waals surface area contributed by atoms with Crippen molar-refractivity contribution in [2.24, 2.45) is 0 Å². The normalized spacial score (nSPS) is 11.6. The molecule has 0 unspecified atom stereocenters.